The number of hydrogen-bond donors (Lipinski definition) is 1. The highest BCUT2D eigenvalue weighted by Gasteiger charge is 2.43. The first kappa shape index (κ1) is 15.9. The third-order valence-electron chi connectivity index (χ3n) is 4.85. The Hall–Kier alpha value is -0.120. The summed E-state index contributed by atoms with van der Waals surface area (Å²) in [5, 5.41) is 3.61. The maximum absolute atomic E-state index is 5.25. The van der Waals surface area contributed by atoms with Gasteiger partial charge < -0.3 is 15.0 Å². The van der Waals surface area contributed by atoms with E-state index in [0.29, 0.717) is 17.5 Å². The Labute approximate surface area is 113 Å². The van der Waals surface area contributed by atoms with E-state index in [-0.39, 0.29) is 0 Å². The van der Waals surface area contributed by atoms with E-state index in [1.165, 1.54) is 32.1 Å². The molecule has 0 bridgehead atoms. The van der Waals surface area contributed by atoms with Crippen molar-refractivity contribution in [3.63, 3.8) is 0 Å². The van der Waals surface area contributed by atoms with E-state index in [0.717, 1.165) is 13.0 Å². The zero-order valence-electron chi connectivity index (χ0n) is 13.0. The fraction of sp³-hybridized carbons (Fsp3) is 1.00. The molecule has 3 heteroatoms. The summed E-state index contributed by atoms with van der Waals surface area (Å²) in [6.45, 7) is 3.23. The molecule has 1 aliphatic rings. The molecule has 0 amide bonds. The lowest BCUT2D eigenvalue weighted by atomic mass is 9.71. The first-order valence-electron chi connectivity index (χ1n) is 7.42. The molecule has 0 saturated heterocycles. The number of nitrogens with one attached hydrogen (secondary N) is 1. The van der Waals surface area contributed by atoms with Crippen molar-refractivity contribution in [3.8, 4) is 0 Å². The molecule has 0 aromatic rings. The van der Waals surface area contributed by atoms with Gasteiger partial charge in [-0.15, -0.1) is 0 Å². The van der Waals surface area contributed by atoms with Gasteiger partial charge in [0.1, 0.15) is 0 Å². The van der Waals surface area contributed by atoms with Gasteiger partial charge in [-0.25, -0.2) is 0 Å². The Morgan fingerprint density at radius 3 is 2.28 bits per heavy atom. The Kier molecular flexibility index (Phi) is 6.61. The van der Waals surface area contributed by atoms with Crippen LogP contribution < -0.4 is 5.32 Å². The molecule has 2 unspecified atom stereocenters. The molecule has 0 spiro atoms. The molecule has 0 heterocycles. The molecule has 18 heavy (non-hydrogen) atoms. The third kappa shape index (κ3) is 3.46. The largest absolute Gasteiger partial charge is 0.385 e. The highest BCUT2D eigenvalue weighted by Crippen LogP contribution is 2.38. The van der Waals surface area contributed by atoms with Crippen molar-refractivity contribution in [2.75, 3.05) is 34.9 Å². The molecule has 1 aliphatic carbocycles. The molecule has 1 fully saturated rings. The van der Waals surface area contributed by atoms with Crippen molar-refractivity contribution in [2.45, 2.75) is 57.0 Å². The van der Waals surface area contributed by atoms with Crippen LogP contribution in [0.5, 0.6) is 0 Å². The number of nitrogens with zero attached hydrogens (tertiary/aromatic N) is 1. The van der Waals surface area contributed by atoms with E-state index in [4.69, 9.17) is 4.74 Å². The average molecular weight is 256 g/mol. The van der Waals surface area contributed by atoms with Crippen molar-refractivity contribution in [1.82, 2.24) is 10.2 Å². The minimum atomic E-state index is 0.333. The van der Waals surface area contributed by atoms with Crippen LogP contribution >= 0.6 is 0 Å². The van der Waals surface area contributed by atoms with Gasteiger partial charge in [0.2, 0.25) is 0 Å². The van der Waals surface area contributed by atoms with Gasteiger partial charge in [0, 0.05) is 25.3 Å². The minimum absolute atomic E-state index is 0.333. The number of rotatable bonds is 7. The van der Waals surface area contributed by atoms with Crippen LogP contribution in [0.2, 0.25) is 0 Å². The predicted molar refractivity (Wildman–Crippen MR) is 78.0 cm³/mol. The van der Waals surface area contributed by atoms with Crippen molar-refractivity contribution < 1.29 is 4.74 Å². The van der Waals surface area contributed by atoms with Crippen LogP contribution in [0.4, 0.5) is 0 Å². The SMILES string of the molecule is CNC(C(C)CCOC)C1(N(C)C)CCCCC1. The number of methoxy groups -OCH3 is 1. The smallest absolute Gasteiger partial charge is 0.0465 e. The summed E-state index contributed by atoms with van der Waals surface area (Å²) in [6.07, 6.45) is 7.92. The molecule has 1 rings (SSSR count). The zero-order chi connectivity index (χ0) is 13.6. The Morgan fingerprint density at radius 1 is 1.22 bits per heavy atom. The average Bonchev–Trinajstić information content (AvgIpc) is 2.38. The van der Waals surface area contributed by atoms with E-state index in [9.17, 15) is 0 Å². The highest BCUT2D eigenvalue weighted by molar-refractivity contribution is 5.02. The Bertz CT molecular complexity index is 225. The Balaban J connectivity index is 2.79. The molecule has 2 atom stereocenters. The first-order chi connectivity index (χ1) is 8.58. The molecule has 0 aliphatic heterocycles. The fourth-order valence-corrected chi connectivity index (χ4v) is 3.75. The monoisotopic (exact) mass is 256 g/mol. The normalized spacial score (nSPS) is 23.0. The quantitative estimate of drug-likeness (QED) is 0.757. The third-order valence-corrected chi connectivity index (χ3v) is 4.85. The number of likely N-dealkylation sites (N-methyl/N-ethyl adjacent to an activating group) is 2. The maximum atomic E-state index is 5.25. The predicted octanol–water partition coefficient (Wildman–Crippen LogP) is 2.51. The van der Waals surface area contributed by atoms with Gasteiger partial charge in [0.05, 0.1) is 0 Å². The van der Waals surface area contributed by atoms with E-state index in [1.54, 1.807) is 7.11 Å². The molecular weight excluding hydrogens is 224 g/mol. The van der Waals surface area contributed by atoms with Crippen LogP contribution in [0.3, 0.4) is 0 Å². The van der Waals surface area contributed by atoms with Crippen LogP contribution in [0.25, 0.3) is 0 Å². The molecule has 108 valence electrons. The lowest BCUT2D eigenvalue weighted by Crippen LogP contribution is -2.61. The second kappa shape index (κ2) is 7.46. The van der Waals surface area contributed by atoms with Crippen molar-refractivity contribution >= 4 is 0 Å². The summed E-state index contributed by atoms with van der Waals surface area (Å²) < 4.78 is 5.25. The van der Waals surface area contributed by atoms with Crippen LogP contribution in [0, 0.1) is 5.92 Å². The van der Waals surface area contributed by atoms with E-state index in [2.05, 4.69) is 38.3 Å². The van der Waals surface area contributed by atoms with Crippen LogP contribution in [0.1, 0.15) is 45.4 Å². The Morgan fingerprint density at radius 2 is 1.83 bits per heavy atom. The lowest BCUT2D eigenvalue weighted by Gasteiger charge is -2.50. The van der Waals surface area contributed by atoms with Gasteiger partial charge in [-0.1, -0.05) is 26.2 Å². The molecule has 3 nitrogen and oxygen atoms in total. The molecule has 0 radical (unpaired) electrons. The van der Waals surface area contributed by atoms with Gasteiger partial charge in [0.25, 0.3) is 0 Å². The summed E-state index contributed by atoms with van der Waals surface area (Å²) in [6, 6.07) is 0.558. The summed E-state index contributed by atoms with van der Waals surface area (Å²) >= 11 is 0. The number of ether oxygens (including phenoxy) is 1. The van der Waals surface area contributed by atoms with Crippen molar-refractivity contribution in [1.29, 1.82) is 0 Å². The molecular formula is C15H32N2O. The second-order valence-electron chi connectivity index (χ2n) is 6.08. The van der Waals surface area contributed by atoms with E-state index in [1.807, 2.05) is 0 Å². The van der Waals surface area contributed by atoms with Crippen LogP contribution in [-0.4, -0.2) is 51.3 Å². The zero-order valence-corrected chi connectivity index (χ0v) is 13.0. The fourth-order valence-electron chi connectivity index (χ4n) is 3.75. The summed E-state index contributed by atoms with van der Waals surface area (Å²) in [7, 11) is 8.41. The highest BCUT2D eigenvalue weighted by atomic mass is 16.5. The summed E-state index contributed by atoms with van der Waals surface area (Å²) in [4.78, 5) is 2.47. The molecule has 1 saturated carbocycles. The van der Waals surface area contributed by atoms with E-state index < -0.39 is 0 Å². The van der Waals surface area contributed by atoms with Crippen molar-refractivity contribution in [2.24, 2.45) is 5.92 Å². The molecule has 0 aromatic carbocycles. The molecule has 0 aromatic heterocycles. The van der Waals surface area contributed by atoms with Gasteiger partial charge >= 0.3 is 0 Å². The van der Waals surface area contributed by atoms with Gasteiger partial charge in [-0.3, -0.25) is 0 Å². The van der Waals surface area contributed by atoms with Gasteiger partial charge in [-0.2, -0.15) is 0 Å². The van der Waals surface area contributed by atoms with Gasteiger partial charge in [0.15, 0.2) is 0 Å². The standard InChI is InChI=1S/C15H32N2O/c1-13(9-12-18-5)14(16-2)15(17(3)4)10-7-6-8-11-15/h13-14,16H,6-12H2,1-5H3. The van der Waals surface area contributed by atoms with Gasteiger partial charge in [-0.05, 0) is 46.3 Å². The van der Waals surface area contributed by atoms with Crippen LogP contribution in [0.15, 0.2) is 0 Å². The van der Waals surface area contributed by atoms with E-state index >= 15 is 0 Å². The maximum Gasteiger partial charge on any atom is 0.0465 e. The summed E-state index contributed by atoms with van der Waals surface area (Å²) in [5.41, 5.74) is 0.333. The second-order valence-corrected chi connectivity index (χ2v) is 6.08. The van der Waals surface area contributed by atoms with Crippen LogP contribution in [-0.2, 0) is 4.74 Å². The summed E-state index contributed by atoms with van der Waals surface area (Å²) in [5.74, 6) is 0.649. The minimum Gasteiger partial charge on any atom is -0.385 e. The lowest BCUT2D eigenvalue weighted by molar-refractivity contribution is 0.0316. The van der Waals surface area contributed by atoms with Crippen molar-refractivity contribution in [3.05, 3.63) is 0 Å². The first-order valence-corrected chi connectivity index (χ1v) is 7.42. The topological polar surface area (TPSA) is 24.5 Å². The number of hydrogen-bond acceptors (Lipinski definition) is 3. The molecule has 1 N–H and O–H groups in total.